The number of hydrogen-bond donors (Lipinski definition) is 0. The van der Waals surface area contributed by atoms with E-state index in [4.69, 9.17) is 11.1 Å². The topological polar surface area (TPSA) is 0 Å². The van der Waals surface area contributed by atoms with Gasteiger partial charge >= 0.3 is 0 Å². The van der Waals surface area contributed by atoms with Gasteiger partial charge in [-0.2, -0.15) is 11.1 Å². The summed E-state index contributed by atoms with van der Waals surface area (Å²) in [5, 5.41) is 0. The second-order valence-corrected chi connectivity index (χ2v) is 11.1. The average Bonchev–Trinajstić information content (AvgIpc) is 2.11. The number of hydrogen-bond acceptors (Lipinski definition) is 0. The predicted octanol–water partition coefficient (Wildman–Crippen LogP) is 4.71. The second-order valence-electron chi connectivity index (χ2n) is 3.49. The van der Waals surface area contributed by atoms with E-state index in [1.54, 1.807) is 0 Å². The Morgan fingerprint density at radius 2 is 1.50 bits per heavy atom. The van der Waals surface area contributed by atoms with Crippen LogP contribution in [0.3, 0.4) is 0 Å². The van der Waals surface area contributed by atoms with Crippen LogP contribution in [0.4, 0.5) is 0 Å². The molecular formula is C9H20BrClSi. The van der Waals surface area contributed by atoms with Crippen molar-refractivity contribution in [3.8, 4) is 0 Å². The maximum Gasteiger partial charge on any atom is 0.166 e. The van der Waals surface area contributed by atoms with Gasteiger partial charge in [-0.25, -0.2) is 0 Å². The van der Waals surface area contributed by atoms with E-state index >= 15 is 0 Å². The van der Waals surface area contributed by atoms with Gasteiger partial charge in [0.05, 0.1) is 0 Å². The number of rotatable bonds is 7. The van der Waals surface area contributed by atoms with Crippen molar-refractivity contribution in [2.24, 2.45) is 0 Å². The normalized spacial score (nSPS) is 12.0. The molecule has 0 spiro atoms. The van der Waals surface area contributed by atoms with Crippen molar-refractivity contribution >= 4 is 34.4 Å². The van der Waals surface area contributed by atoms with Crippen LogP contribution >= 0.6 is 27.0 Å². The van der Waals surface area contributed by atoms with E-state index in [2.05, 4.69) is 29.8 Å². The van der Waals surface area contributed by atoms with E-state index in [0.29, 0.717) is 0 Å². The van der Waals surface area contributed by atoms with Crippen LogP contribution in [-0.2, 0) is 0 Å². The van der Waals surface area contributed by atoms with Crippen molar-refractivity contribution in [2.45, 2.75) is 51.6 Å². The van der Waals surface area contributed by atoms with Gasteiger partial charge < -0.3 is 0 Å². The monoisotopic (exact) mass is 270 g/mol. The molecule has 0 fully saturated rings. The fraction of sp³-hybridized carbons (Fsp3) is 1.00. The zero-order valence-corrected chi connectivity index (χ0v) is 11.5. The lowest BCUT2D eigenvalue weighted by Crippen LogP contribution is -2.29. The number of halogens is 2. The standard InChI is InChI=1S/C9H20BrClSi/c1-3-5-7-12(11,9-10)8-6-4-2/h3-9H2,1-2H3. The van der Waals surface area contributed by atoms with E-state index in [9.17, 15) is 0 Å². The van der Waals surface area contributed by atoms with E-state index < -0.39 is 7.38 Å². The lowest BCUT2D eigenvalue weighted by atomic mass is 10.4. The van der Waals surface area contributed by atoms with Crippen molar-refractivity contribution in [3.05, 3.63) is 0 Å². The molecule has 0 aliphatic carbocycles. The number of alkyl halides is 1. The van der Waals surface area contributed by atoms with E-state index in [-0.39, 0.29) is 0 Å². The zero-order valence-electron chi connectivity index (χ0n) is 8.21. The molecule has 0 aliphatic heterocycles. The van der Waals surface area contributed by atoms with Crippen molar-refractivity contribution in [1.29, 1.82) is 0 Å². The van der Waals surface area contributed by atoms with Gasteiger partial charge in [0.15, 0.2) is 7.38 Å². The minimum absolute atomic E-state index is 1.07. The summed E-state index contributed by atoms with van der Waals surface area (Å²) in [6, 6.07) is 2.58. The molecule has 12 heavy (non-hydrogen) atoms. The summed E-state index contributed by atoms with van der Waals surface area (Å²) in [6.45, 7) is 4.47. The Balaban J connectivity index is 3.70. The molecule has 0 aromatic heterocycles. The van der Waals surface area contributed by atoms with Crippen LogP contribution < -0.4 is 0 Å². The third-order valence-corrected chi connectivity index (χ3v) is 10.9. The molecule has 0 bridgehead atoms. The molecule has 0 radical (unpaired) electrons. The van der Waals surface area contributed by atoms with E-state index in [1.165, 1.54) is 37.8 Å². The van der Waals surface area contributed by atoms with Gasteiger partial charge in [0.2, 0.25) is 0 Å². The summed E-state index contributed by atoms with van der Waals surface area (Å²) >= 11 is 10.1. The Morgan fingerprint density at radius 3 is 1.75 bits per heavy atom. The molecule has 0 N–H and O–H groups in total. The molecule has 0 rings (SSSR count). The van der Waals surface area contributed by atoms with Crippen LogP contribution in [0.25, 0.3) is 0 Å². The van der Waals surface area contributed by atoms with Crippen LogP contribution in [-0.4, -0.2) is 12.3 Å². The third kappa shape index (κ3) is 5.60. The van der Waals surface area contributed by atoms with Crippen molar-refractivity contribution in [3.63, 3.8) is 0 Å². The summed E-state index contributed by atoms with van der Waals surface area (Å²) in [6.07, 6.45) is 5.18. The van der Waals surface area contributed by atoms with Gasteiger partial charge in [0.1, 0.15) is 0 Å². The first-order valence-corrected chi connectivity index (χ1v) is 9.69. The van der Waals surface area contributed by atoms with Crippen LogP contribution in [0.2, 0.25) is 12.1 Å². The Hall–Kier alpha value is 0.987. The average molecular weight is 272 g/mol. The highest BCUT2D eigenvalue weighted by molar-refractivity contribution is 9.09. The highest BCUT2D eigenvalue weighted by Gasteiger charge is 2.27. The summed E-state index contributed by atoms with van der Waals surface area (Å²) in [5.41, 5.74) is 0. The Morgan fingerprint density at radius 1 is 1.08 bits per heavy atom. The molecule has 0 heterocycles. The SMILES string of the molecule is CCCC[Si](Cl)(CBr)CCCC. The van der Waals surface area contributed by atoms with Crippen molar-refractivity contribution in [1.82, 2.24) is 0 Å². The molecule has 0 aliphatic rings. The van der Waals surface area contributed by atoms with E-state index in [0.717, 1.165) is 4.95 Å². The van der Waals surface area contributed by atoms with Gasteiger partial charge in [0, 0.05) is 4.95 Å². The number of unbranched alkanes of at least 4 members (excludes halogenated alkanes) is 2. The van der Waals surface area contributed by atoms with Crippen molar-refractivity contribution in [2.75, 3.05) is 4.95 Å². The van der Waals surface area contributed by atoms with Crippen LogP contribution in [0.15, 0.2) is 0 Å². The minimum atomic E-state index is -1.38. The first kappa shape index (κ1) is 13.0. The van der Waals surface area contributed by atoms with Gasteiger partial charge in [0.25, 0.3) is 0 Å². The van der Waals surface area contributed by atoms with Gasteiger partial charge in [-0.1, -0.05) is 55.5 Å². The molecular weight excluding hydrogens is 252 g/mol. The molecule has 0 aromatic rings. The van der Waals surface area contributed by atoms with Gasteiger partial charge in [-0.3, -0.25) is 0 Å². The highest BCUT2D eigenvalue weighted by atomic mass is 79.9. The fourth-order valence-electron chi connectivity index (χ4n) is 1.25. The van der Waals surface area contributed by atoms with Crippen molar-refractivity contribution < 1.29 is 0 Å². The smallest absolute Gasteiger partial charge is 0.166 e. The van der Waals surface area contributed by atoms with Crippen LogP contribution in [0.5, 0.6) is 0 Å². The first-order chi connectivity index (χ1) is 5.68. The lowest BCUT2D eigenvalue weighted by Gasteiger charge is -2.21. The summed E-state index contributed by atoms with van der Waals surface area (Å²) < 4.78 is 0. The maximum absolute atomic E-state index is 6.57. The quantitative estimate of drug-likeness (QED) is 0.357. The molecule has 0 aromatic carbocycles. The molecule has 0 unspecified atom stereocenters. The zero-order chi connectivity index (χ0) is 9.45. The second kappa shape index (κ2) is 7.40. The predicted molar refractivity (Wildman–Crippen MR) is 64.8 cm³/mol. The molecule has 3 heteroatoms. The Kier molecular flexibility index (Phi) is 8.00. The minimum Gasteiger partial charge on any atom is -0.166 e. The summed E-state index contributed by atoms with van der Waals surface area (Å²) in [5.74, 6) is 0. The molecule has 0 saturated carbocycles. The highest BCUT2D eigenvalue weighted by Crippen LogP contribution is 2.27. The van der Waals surface area contributed by atoms with Crippen LogP contribution in [0.1, 0.15) is 39.5 Å². The summed E-state index contributed by atoms with van der Waals surface area (Å²) in [4.78, 5) is 1.07. The fourth-order valence-corrected chi connectivity index (χ4v) is 6.22. The Bertz CT molecular complexity index is 101. The third-order valence-electron chi connectivity index (χ3n) is 2.20. The van der Waals surface area contributed by atoms with Crippen LogP contribution in [0, 0.1) is 0 Å². The van der Waals surface area contributed by atoms with Gasteiger partial charge in [-0.15, -0.1) is 0 Å². The molecule has 0 saturated heterocycles. The largest absolute Gasteiger partial charge is 0.166 e. The van der Waals surface area contributed by atoms with E-state index in [1.807, 2.05) is 0 Å². The van der Waals surface area contributed by atoms with Gasteiger partial charge in [-0.05, 0) is 12.1 Å². The summed E-state index contributed by atoms with van der Waals surface area (Å²) in [7, 11) is -1.38. The molecule has 0 amide bonds. The molecule has 0 nitrogen and oxygen atoms in total. The first-order valence-electron chi connectivity index (χ1n) is 4.93. The molecule has 0 atom stereocenters. The maximum atomic E-state index is 6.57. The lowest BCUT2D eigenvalue weighted by molar-refractivity contribution is 0.838. The Labute approximate surface area is 90.9 Å². The molecule has 74 valence electrons.